The van der Waals surface area contributed by atoms with E-state index in [0.717, 1.165) is 37.4 Å². The SMILES string of the molecule is Cc1nc[nH]c1C1CCN(c2ncccc2NC(=O)c2ccc(Cl)c(Cl)c2)CC1. The maximum absolute atomic E-state index is 12.7. The third-order valence-corrected chi connectivity index (χ3v) is 6.03. The highest BCUT2D eigenvalue weighted by molar-refractivity contribution is 6.42. The summed E-state index contributed by atoms with van der Waals surface area (Å²) >= 11 is 12.0. The maximum Gasteiger partial charge on any atom is 0.255 e. The molecule has 2 N–H and O–H groups in total. The van der Waals surface area contributed by atoms with Gasteiger partial charge < -0.3 is 15.2 Å². The van der Waals surface area contributed by atoms with Gasteiger partial charge in [0.15, 0.2) is 5.82 Å². The number of hydrogen-bond acceptors (Lipinski definition) is 4. The topological polar surface area (TPSA) is 73.9 Å². The van der Waals surface area contributed by atoms with Gasteiger partial charge in [0.1, 0.15) is 0 Å². The molecule has 150 valence electrons. The molecule has 0 spiro atoms. The molecule has 1 aromatic carbocycles. The number of pyridine rings is 1. The molecule has 4 rings (SSSR count). The molecular formula is C21H21Cl2N5O. The second kappa shape index (κ2) is 8.43. The number of aromatic nitrogens is 3. The molecule has 1 aliphatic rings. The monoisotopic (exact) mass is 429 g/mol. The predicted octanol–water partition coefficient (Wildman–Crippen LogP) is 5.06. The van der Waals surface area contributed by atoms with Crippen molar-refractivity contribution in [3.05, 3.63) is 69.9 Å². The zero-order chi connectivity index (χ0) is 20.4. The summed E-state index contributed by atoms with van der Waals surface area (Å²) in [4.78, 5) is 27.0. The van der Waals surface area contributed by atoms with E-state index in [0.29, 0.717) is 27.2 Å². The van der Waals surface area contributed by atoms with Crippen LogP contribution in [0.5, 0.6) is 0 Å². The van der Waals surface area contributed by atoms with E-state index >= 15 is 0 Å². The molecule has 0 aliphatic carbocycles. The van der Waals surface area contributed by atoms with Crippen molar-refractivity contribution in [1.82, 2.24) is 15.0 Å². The summed E-state index contributed by atoms with van der Waals surface area (Å²) in [5.74, 6) is 0.994. The number of carbonyl (C=O) groups is 1. The van der Waals surface area contributed by atoms with E-state index in [1.165, 1.54) is 5.69 Å². The van der Waals surface area contributed by atoms with Gasteiger partial charge in [-0.25, -0.2) is 9.97 Å². The average molecular weight is 430 g/mol. The molecule has 0 radical (unpaired) electrons. The Morgan fingerprint density at radius 1 is 1.17 bits per heavy atom. The normalized spacial score (nSPS) is 14.8. The van der Waals surface area contributed by atoms with Crippen LogP contribution in [0.1, 0.15) is 40.5 Å². The third-order valence-electron chi connectivity index (χ3n) is 5.29. The molecule has 3 heterocycles. The Hall–Kier alpha value is -2.57. The van der Waals surface area contributed by atoms with Gasteiger partial charge in [-0.05, 0) is 50.1 Å². The van der Waals surface area contributed by atoms with Crippen LogP contribution in [-0.2, 0) is 0 Å². The number of piperidine rings is 1. The molecule has 0 atom stereocenters. The largest absolute Gasteiger partial charge is 0.355 e. The second-order valence-electron chi connectivity index (χ2n) is 7.12. The number of aryl methyl sites for hydroxylation is 1. The van der Waals surface area contributed by atoms with Gasteiger partial charge >= 0.3 is 0 Å². The van der Waals surface area contributed by atoms with E-state index in [-0.39, 0.29) is 5.91 Å². The van der Waals surface area contributed by atoms with Gasteiger partial charge in [-0.3, -0.25) is 4.79 Å². The lowest BCUT2D eigenvalue weighted by Crippen LogP contribution is -2.34. The summed E-state index contributed by atoms with van der Waals surface area (Å²) in [7, 11) is 0. The number of halogens is 2. The summed E-state index contributed by atoms with van der Waals surface area (Å²) in [5.41, 5.74) is 3.41. The fraction of sp³-hybridized carbons (Fsp3) is 0.286. The Balaban J connectivity index is 1.48. The van der Waals surface area contributed by atoms with Crippen LogP contribution in [0, 0.1) is 6.92 Å². The van der Waals surface area contributed by atoms with Gasteiger partial charge in [-0.15, -0.1) is 0 Å². The Morgan fingerprint density at radius 2 is 1.97 bits per heavy atom. The fourth-order valence-corrected chi connectivity index (χ4v) is 4.04. The smallest absolute Gasteiger partial charge is 0.255 e. The van der Waals surface area contributed by atoms with Crippen molar-refractivity contribution in [3.63, 3.8) is 0 Å². The fourth-order valence-electron chi connectivity index (χ4n) is 3.74. The van der Waals surface area contributed by atoms with Gasteiger partial charge in [0.25, 0.3) is 5.91 Å². The number of carbonyl (C=O) groups excluding carboxylic acids is 1. The highest BCUT2D eigenvalue weighted by atomic mass is 35.5. The van der Waals surface area contributed by atoms with E-state index in [1.807, 2.05) is 19.1 Å². The summed E-state index contributed by atoms with van der Waals surface area (Å²) < 4.78 is 0. The number of rotatable bonds is 4. The molecular weight excluding hydrogens is 409 g/mol. The molecule has 0 saturated carbocycles. The average Bonchev–Trinajstić information content (AvgIpc) is 3.16. The highest BCUT2D eigenvalue weighted by Crippen LogP contribution is 2.33. The first-order chi connectivity index (χ1) is 14.0. The summed E-state index contributed by atoms with van der Waals surface area (Å²) in [6.45, 7) is 3.75. The van der Waals surface area contributed by atoms with E-state index < -0.39 is 0 Å². The molecule has 1 saturated heterocycles. The number of aromatic amines is 1. The molecule has 1 aliphatic heterocycles. The Labute approximate surface area is 179 Å². The van der Waals surface area contributed by atoms with E-state index in [1.54, 1.807) is 30.7 Å². The van der Waals surface area contributed by atoms with Crippen LogP contribution in [0.4, 0.5) is 11.5 Å². The first-order valence-corrected chi connectivity index (χ1v) is 10.2. The molecule has 1 fully saturated rings. The molecule has 6 nitrogen and oxygen atoms in total. The summed E-state index contributed by atoms with van der Waals surface area (Å²) in [6.07, 6.45) is 5.50. The summed E-state index contributed by atoms with van der Waals surface area (Å²) in [6, 6.07) is 8.51. The van der Waals surface area contributed by atoms with Crippen LogP contribution in [0.15, 0.2) is 42.9 Å². The molecule has 29 heavy (non-hydrogen) atoms. The third kappa shape index (κ3) is 4.23. The molecule has 1 amide bonds. The van der Waals surface area contributed by atoms with Gasteiger partial charge in [0.05, 0.1) is 27.8 Å². The first kappa shape index (κ1) is 19.7. The van der Waals surface area contributed by atoms with Gasteiger partial charge in [-0.2, -0.15) is 0 Å². The van der Waals surface area contributed by atoms with Crippen molar-refractivity contribution in [2.24, 2.45) is 0 Å². The summed E-state index contributed by atoms with van der Waals surface area (Å²) in [5, 5.41) is 3.72. The minimum absolute atomic E-state index is 0.249. The minimum atomic E-state index is -0.249. The second-order valence-corrected chi connectivity index (χ2v) is 7.93. The van der Waals surface area contributed by atoms with Crippen LogP contribution in [0.2, 0.25) is 10.0 Å². The van der Waals surface area contributed by atoms with Crippen LogP contribution in [-0.4, -0.2) is 33.9 Å². The molecule has 2 aromatic heterocycles. The number of hydrogen-bond donors (Lipinski definition) is 2. The van der Waals surface area contributed by atoms with Gasteiger partial charge in [-0.1, -0.05) is 23.2 Å². The number of benzene rings is 1. The minimum Gasteiger partial charge on any atom is -0.355 e. The van der Waals surface area contributed by atoms with Crippen molar-refractivity contribution in [2.45, 2.75) is 25.7 Å². The Kier molecular flexibility index (Phi) is 5.74. The van der Waals surface area contributed by atoms with Crippen molar-refractivity contribution in [2.75, 3.05) is 23.3 Å². The van der Waals surface area contributed by atoms with Crippen molar-refractivity contribution in [1.29, 1.82) is 0 Å². The lowest BCUT2D eigenvalue weighted by Gasteiger charge is -2.33. The van der Waals surface area contributed by atoms with Crippen LogP contribution >= 0.6 is 23.2 Å². The lowest BCUT2D eigenvalue weighted by atomic mass is 9.92. The molecule has 0 unspecified atom stereocenters. The van der Waals surface area contributed by atoms with Crippen molar-refractivity contribution < 1.29 is 4.79 Å². The van der Waals surface area contributed by atoms with Crippen molar-refractivity contribution in [3.8, 4) is 0 Å². The lowest BCUT2D eigenvalue weighted by molar-refractivity contribution is 0.102. The number of H-pyrrole nitrogens is 1. The van der Waals surface area contributed by atoms with Crippen LogP contribution < -0.4 is 10.2 Å². The number of nitrogens with zero attached hydrogens (tertiary/aromatic N) is 3. The van der Waals surface area contributed by atoms with E-state index in [4.69, 9.17) is 23.2 Å². The first-order valence-electron chi connectivity index (χ1n) is 9.49. The van der Waals surface area contributed by atoms with Crippen LogP contribution in [0.3, 0.4) is 0 Å². The molecule has 8 heteroatoms. The zero-order valence-electron chi connectivity index (χ0n) is 16.0. The molecule has 3 aromatic rings. The number of anilines is 2. The van der Waals surface area contributed by atoms with E-state index in [2.05, 4.69) is 25.2 Å². The standard InChI is InChI=1S/C21H21Cl2N5O/c1-13-19(26-12-25-13)14-6-9-28(10-7-14)20-18(3-2-8-24-20)27-21(29)15-4-5-16(22)17(23)11-15/h2-5,8,11-12,14H,6-7,9-10H2,1H3,(H,25,26)(H,27,29). The number of nitrogens with one attached hydrogen (secondary N) is 2. The Morgan fingerprint density at radius 3 is 2.66 bits per heavy atom. The quantitative estimate of drug-likeness (QED) is 0.607. The van der Waals surface area contributed by atoms with Crippen LogP contribution in [0.25, 0.3) is 0 Å². The number of amides is 1. The van der Waals surface area contributed by atoms with E-state index in [9.17, 15) is 4.79 Å². The van der Waals surface area contributed by atoms with Gasteiger partial charge in [0, 0.05) is 36.5 Å². The highest BCUT2D eigenvalue weighted by Gasteiger charge is 2.25. The zero-order valence-corrected chi connectivity index (χ0v) is 17.5. The van der Waals surface area contributed by atoms with Gasteiger partial charge in [0.2, 0.25) is 0 Å². The number of imidazole rings is 1. The van der Waals surface area contributed by atoms with Crippen molar-refractivity contribution >= 4 is 40.6 Å². The molecule has 0 bridgehead atoms. The predicted molar refractivity (Wildman–Crippen MR) is 116 cm³/mol. The maximum atomic E-state index is 12.7. The Bertz CT molecular complexity index is 1030.